The fourth-order valence-electron chi connectivity index (χ4n) is 1.57. The number of amides is 1. The van der Waals surface area contributed by atoms with Crippen LogP contribution in [-0.4, -0.2) is 24.8 Å². The second-order valence-electron chi connectivity index (χ2n) is 4.03. The topological polar surface area (TPSA) is 67.8 Å². The van der Waals surface area contributed by atoms with E-state index in [1.807, 2.05) is 0 Å². The summed E-state index contributed by atoms with van der Waals surface area (Å²) >= 11 is 0. The molecule has 17 heavy (non-hydrogen) atoms. The number of nitrogens with one attached hydrogen (secondary N) is 1. The minimum absolute atomic E-state index is 0.253. The van der Waals surface area contributed by atoms with Crippen molar-refractivity contribution in [2.45, 2.75) is 12.8 Å². The van der Waals surface area contributed by atoms with Crippen LogP contribution in [0.2, 0.25) is 0 Å². The molecule has 92 valence electrons. The van der Waals surface area contributed by atoms with Crippen LogP contribution in [0, 0.1) is 5.92 Å². The molecule has 0 spiro atoms. The van der Waals surface area contributed by atoms with E-state index in [-0.39, 0.29) is 5.56 Å². The summed E-state index contributed by atoms with van der Waals surface area (Å²) in [5, 5.41) is 8.63. The van der Waals surface area contributed by atoms with Gasteiger partial charge in [0, 0.05) is 0 Å². The van der Waals surface area contributed by atoms with Crippen LogP contribution >= 0.6 is 0 Å². The van der Waals surface area contributed by atoms with Gasteiger partial charge in [0.05, 0.1) is 19.3 Å². The van der Waals surface area contributed by atoms with E-state index in [0.29, 0.717) is 24.0 Å². The number of benzene rings is 1. The van der Waals surface area contributed by atoms with E-state index >= 15 is 0 Å². The Kier molecular flexibility index (Phi) is 3.49. The number of carbonyl (C=O) groups excluding carboxylic acids is 1. The Hall–Kier alpha value is -1.75. The highest BCUT2D eigenvalue weighted by Gasteiger charge is 2.23. The van der Waals surface area contributed by atoms with Crippen LogP contribution in [-0.2, 0) is 0 Å². The van der Waals surface area contributed by atoms with Gasteiger partial charge in [-0.25, -0.2) is 5.48 Å². The standard InChI is InChI=1S/C12H15NO4/c1-16-11-9(12(14)13-15)3-2-4-10(11)17-7-8-5-6-8/h2-4,8,15H,5-7H2,1H3,(H,13,14). The Bertz CT molecular complexity index is 415. The van der Waals surface area contributed by atoms with Crippen LogP contribution in [0.15, 0.2) is 18.2 Å². The first kappa shape index (κ1) is 11.7. The first-order valence-corrected chi connectivity index (χ1v) is 5.50. The average Bonchev–Trinajstić information content (AvgIpc) is 3.18. The van der Waals surface area contributed by atoms with Gasteiger partial charge in [0.15, 0.2) is 11.5 Å². The van der Waals surface area contributed by atoms with Gasteiger partial charge in [-0.05, 0) is 30.9 Å². The van der Waals surface area contributed by atoms with Crippen molar-refractivity contribution in [1.82, 2.24) is 5.48 Å². The quantitative estimate of drug-likeness (QED) is 0.603. The van der Waals surface area contributed by atoms with E-state index in [9.17, 15) is 4.79 Å². The highest BCUT2D eigenvalue weighted by molar-refractivity contribution is 5.97. The largest absolute Gasteiger partial charge is 0.492 e. The molecule has 0 bridgehead atoms. The molecule has 5 nitrogen and oxygen atoms in total. The second-order valence-corrected chi connectivity index (χ2v) is 4.03. The summed E-state index contributed by atoms with van der Waals surface area (Å²) in [7, 11) is 1.47. The number of hydroxylamine groups is 1. The first-order chi connectivity index (χ1) is 8.26. The van der Waals surface area contributed by atoms with Gasteiger partial charge in [-0.3, -0.25) is 10.0 Å². The minimum Gasteiger partial charge on any atom is -0.492 e. The van der Waals surface area contributed by atoms with Gasteiger partial charge in [-0.1, -0.05) is 6.07 Å². The lowest BCUT2D eigenvalue weighted by atomic mass is 10.1. The summed E-state index contributed by atoms with van der Waals surface area (Å²) in [6, 6.07) is 5.00. The van der Waals surface area contributed by atoms with Crippen molar-refractivity contribution in [1.29, 1.82) is 0 Å². The molecule has 1 aliphatic rings. The van der Waals surface area contributed by atoms with Gasteiger partial charge < -0.3 is 9.47 Å². The highest BCUT2D eigenvalue weighted by atomic mass is 16.5. The number of hydrogen-bond donors (Lipinski definition) is 2. The lowest BCUT2D eigenvalue weighted by Crippen LogP contribution is -2.19. The Morgan fingerprint density at radius 3 is 2.88 bits per heavy atom. The number of ether oxygens (including phenoxy) is 2. The van der Waals surface area contributed by atoms with Crippen LogP contribution in [0.1, 0.15) is 23.2 Å². The van der Waals surface area contributed by atoms with E-state index in [0.717, 1.165) is 0 Å². The van der Waals surface area contributed by atoms with Crippen molar-refractivity contribution in [2.24, 2.45) is 5.92 Å². The van der Waals surface area contributed by atoms with Crippen molar-refractivity contribution < 1.29 is 19.5 Å². The molecule has 2 N–H and O–H groups in total. The van der Waals surface area contributed by atoms with Gasteiger partial charge >= 0.3 is 0 Å². The van der Waals surface area contributed by atoms with Gasteiger partial charge in [0.1, 0.15) is 0 Å². The fraction of sp³-hybridized carbons (Fsp3) is 0.417. The van der Waals surface area contributed by atoms with Gasteiger partial charge in [-0.15, -0.1) is 0 Å². The molecule has 1 saturated carbocycles. The zero-order chi connectivity index (χ0) is 12.3. The Morgan fingerprint density at radius 2 is 2.29 bits per heavy atom. The maximum absolute atomic E-state index is 11.4. The van der Waals surface area contributed by atoms with Crippen molar-refractivity contribution >= 4 is 5.91 Å². The summed E-state index contributed by atoms with van der Waals surface area (Å²) in [5.41, 5.74) is 1.84. The number of methoxy groups -OCH3 is 1. The maximum atomic E-state index is 11.4. The van der Waals surface area contributed by atoms with E-state index in [2.05, 4.69) is 0 Å². The highest BCUT2D eigenvalue weighted by Crippen LogP contribution is 2.34. The third-order valence-electron chi connectivity index (χ3n) is 2.70. The summed E-state index contributed by atoms with van der Waals surface area (Å²) < 4.78 is 10.8. The van der Waals surface area contributed by atoms with Gasteiger partial charge in [-0.2, -0.15) is 0 Å². The van der Waals surface area contributed by atoms with Crippen molar-refractivity contribution in [3.8, 4) is 11.5 Å². The monoisotopic (exact) mass is 237 g/mol. The summed E-state index contributed by atoms with van der Waals surface area (Å²) in [5.74, 6) is 0.883. The molecule has 0 atom stereocenters. The molecule has 0 saturated heterocycles. The van der Waals surface area contributed by atoms with Gasteiger partial charge in [0.2, 0.25) is 0 Å². The van der Waals surface area contributed by atoms with Crippen LogP contribution in [0.4, 0.5) is 0 Å². The SMILES string of the molecule is COc1c(OCC2CC2)cccc1C(=O)NO. The maximum Gasteiger partial charge on any atom is 0.278 e. The molecule has 0 aliphatic heterocycles. The van der Waals surface area contributed by atoms with Crippen LogP contribution in [0.5, 0.6) is 11.5 Å². The molecular formula is C12H15NO4. The molecule has 1 amide bonds. The molecule has 0 heterocycles. The Morgan fingerprint density at radius 1 is 1.53 bits per heavy atom. The average molecular weight is 237 g/mol. The molecule has 1 aromatic rings. The van der Waals surface area contributed by atoms with E-state index < -0.39 is 5.91 Å². The lowest BCUT2D eigenvalue weighted by Gasteiger charge is -2.13. The Labute approximate surface area is 99.3 Å². The number of carbonyl (C=O) groups is 1. The normalized spacial score (nSPS) is 14.2. The predicted molar refractivity (Wildman–Crippen MR) is 60.5 cm³/mol. The van der Waals surface area contributed by atoms with E-state index in [1.54, 1.807) is 23.7 Å². The number of para-hydroxylation sites is 1. The Balaban J connectivity index is 2.20. The summed E-state index contributed by atoms with van der Waals surface area (Å²) in [4.78, 5) is 11.4. The molecule has 1 fully saturated rings. The molecule has 1 aromatic carbocycles. The zero-order valence-corrected chi connectivity index (χ0v) is 9.60. The summed E-state index contributed by atoms with van der Waals surface area (Å²) in [6.45, 7) is 0.639. The van der Waals surface area contributed by atoms with E-state index in [4.69, 9.17) is 14.7 Å². The molecule has 5 heteroatoms. The van der Waals surface area contributed by atoms with E-state index in [1.165, 1.54) is 20.0 Å². The van der Waals surface area contributed by atoms with Crippen molar-refractivity contribution in [3.05, 3.63) is 23.8 Å². The van der Waals surface area contributed by atoms with Crippen LogP contribution in [0.3, 0.4) is 0 Å². The van der Waals surface area contributed by atoms with Crippen LogP contribution < -0.4 is 15.0 Å². The lowest BCUT2D eigenvalue weighted by molar-refractivity contribution is 0.0702. The molecular weight excluding hydrogens is 222 g/mol. The molecule has 0 unspecified atom stereocenters. The van der Waals surface area contributed by atoms with Crippen LogP contribution in [0.25, 0.3) is 0 Å². The minimum atomic E-state index is -0.612. The van der Waals surface area contributed by atoms with Crippen molar-refractivity contribution in [2.75, 3.05) is 13.7 Å². The van der Waals surface area contributed by atoms with Gasteiger partial charge in [0.25, 0.3) is 5.91 Å². The molecule has 1 aliphatic carbocycles. The number of rotatable bonds is 5. The first-order valence-electron chi connectivity index (χ1n) is 5.50. The zero-order valence-electron chi connectivity index (χ0n) is 9.60. The molecule has 0 radical (unpaired) electrons. The second kappa shape index (κ2) is 5.05. The smallest absolute Gasteiger partial charge is 0.278 e. The van der Waals surface area contributed by atoms with Crippen molar-refractivity contribution in [3.63, 3.8) is 0 Å². The third kappa shape index (κ3) is 2.68. The molecule has 2 rings (SSSR count). The summed E-state index contributed by atoms with van der Waals surface area (Å²) in [6.07, 6.45) is 2.39. The molecule has 0 aromatic heterocycles. The third-order valence-corrected chi connectivity index (χ3v) is 2.70. The predicted octanol–water partition coefficient (Wildman–Crippen LogP) is 1.60. The fourth-order valence-corrected chi connectivity index (χ4v) is 1.57. The number of hydrogen-bond acceptors (Lipinski definition) is 4.